The van der Waals surface area contributed by atoms with E-state index in [2.05, 4.69) is 10.1 Å². The minimum absolute atomic E-state index is 0.390. The molecule has 0 unspecified atom stereocenters. The van der Waals surface area contributed by atoms with Crippen LogP contribution in [0.15, 0.2) is 29.0 Å². The van der Waals surface area contributed by atoms with Crippen molar-refractivity contribution < 1.29 is 9.26 Å². The summed E-state index contributed by atoms with van der Waals surface area (Å²) in [6, 6.07) is 5.26. The fourth-order valence-electron chi connectivity index (χ4n) is 1.14. The van der Waals surface area contributed by atoms with Crippen LogP contribution in [-0.4, -0.2) is 17.3 Å². The van der Waals surface area contributed by atoms with Gasteiger partial charge in [-0.1, -0.05) is 5.16 Å². The molecular formula is C9H9N3O2. The van der Waals surface area contributed by atoms with Gasteiger partial charge in [-0.2, -0.15) is 4.98 Å². The number of nitrogen functional groups attached to an aromatic ring is 1. The highest BCUT2D eigenvalue weighted by atomic mass is 16.5. The third-order valence-electron chi connectivity index (χ3n) is 1.85. The lowest BCUT2D eigenvalue weighted by molar-refractivity contribution is 0.413. The Hall–Kier alpha value is -2.04. The van der Waals surface area contributed by atoms with Crippen molar-refractivity contribution in [2.75, 3.05) is 12.8 Å². The van der Waals surface area contributed by atoms with E-state index in [1.807, 2.05) is 0 Å². The van der Waals surface area contributed by atoms with E-state index in [-0.39, 0.29) is 0 Å². The maximum Gasteiger partial charge on any atom is 0.259 e. The number of rotatable bonds is 2. The lowest BCUT2D eigenvalue weighted by Gasteiger charge is -2.03. The lowest BCUT2D eigenvalue weighted by Crippen LogP contribution is -1.91. The second kappa shape index (κ2) is 3.37. The number of anilines is 1. The molecule has 5 heteroatoms. The standard InChI is InChI=1S/C9H9N3O2/c1-13-6-2-3-8(10)7(4-6)9-11-5-12-14-9/h2-5H,10H2,1H3. The summed E-state index contributed by atoms with van der Waals surface area (Å²) in [5.74, 6) is 1.09. The first-order chi connectivity index (χ1) is 6.81. The molecule has 0 saturated carbocycles. The fraction of sp³-hybridized carbons (Fsp3) is 0.111. The molecule has 2 N–H and O–H groups in total. The van der Waals surface area contributed by atoms with Crippen LogP contribution in [0.2, 0.25) is 0 Å². The van der Waals surface area contributed by atoms with Gasteiger partial charge in [0.1, 0.15) is 5.75 Å². The molecule has 0 radical (unpaired) electrons. The van der Waals surface area contributed by atoms with E-state index in [0.717, 1.165) is 0 Å². The number of nitrogens with zero attached hydrogens (tertiary/aromatic N) is 2. The summed E-state index contributed by atoms with van der Waals surface area (Å²) in [7, 11) is 1.59. The molecule has 0 atom stereocenters. The van der Waals surface area contributed by atoms with E-state index in [0.29, 0.717) is 22.9 Å². The van der Waals surface area contributed by atoms with Crippen LogP contribution in [0.3, 0.4) is 0 Å². The molecule has 72 valence electrons. The van der Waals surface area contributed by atoms with Crippen molar-refractivity contribution >= 4 is 5.69 Å². The predicted molar refractivity (Wildman–Crippen MR) is 50.7 cm³/mol. The average molecular weight is 191 g/mol. The number of hydrogen-bond donors (Lipinski definition) is 1. The van der Waals surface area contributed by atoms with E-state index in [1.165, 1.54) is 6.33 Å². The first-order valence-electron chi connectivity index (χ1n) is 4.02. The fourth-order valence-corrected chi connectivity index (χ4v) is 1.14. The molecule has 0 saturated heterocycles. The van der Waals surface area contributed by atoms with Crippen molar-refractivity contribution in [2.24, 2.45) is 0 Å². The normalized spacial score (nSPS) is 10.1. The topological polar surface area (TPSA) is 74.2 Å². The van der Waals surface area contributed by atoms with Gasteiger partial charge in [0.2, 0.25) is 0 Å². The van der Waals surface area contributed by atoms with Gasteiger partial charge in [0.25, 0.3) is 5.89 Å². The molecule has 0 spiro atoms. The number of ether oxygens (including phenoxy) is 1. The molecule has 0 aliphatic carbocycles. The number of benzene rings is 1. The van der Waals surface area contributed by atoms with Gasteiger partial charge in [-0.05, 0) is 18.2 Å². The number of methoxy groups -OCH3 is 1. The van der Waals surface area contributed by atoms with E-state index >= 15 is 0 Å². The highest BCUT2D eigenvalue weighted by molar-refractivity contribution is 5.71. The molecule has 1 heterocycles. The summed E-state index contributed by atoms with van der Waals surface area (Å²) in [6.07, 6.45) is 1.33. The Balaban J connectivity index is 2.51. The van der Waals surface area contributed by atoms with Crippen molar-refractivity contribution in [1.29, 1.82) is 0 Å². The Morgan fingerprint density at radius 1 is 1.43 bits per heavy atom. The van der Waals surface area contributed by atoms with Crippen LogP contribution in [-0.2, 0) is 0 Å². The summed E-state index contributed by atoms with van der Waals surface area (Å²) < 4.78 is 9.97. The van der Waals surface area contributed by atoms with Crippen LogP contribution in [0.5, 0.6) is 5.75 Å². The SMILES string of the molecule is COc1ccc(N)c(-c2ncno2)c1. The summed E-state index contributed by atoms with van der Waals surface area (Å²) >= 11 is 0. The molecule has 1 aromatic heterocycles. The van der Waals surface area contributed by atoms with E-state index < -0.39 is 0 Å². The summed E-state index contributed by atoms with van der Waals surface area (Å²) in [5.41, 5.74) is 7.01. The molecule has 0 bridgehead atoms. The van der Waals surface area contributed by atoms with Gasteiger partial charge >= 0.3 is 0 Å². The van der Waals surface area contributed by atoms with Crippen molar-refractivity contribution in [3.8, 4) is 17.2 Å². The maximum atomic E-state index is 5.75. The van der Waals surface area contributed by atoms with Crippen molar-refractivity contribution in [1.82, 2.24) is 10.1 Å². The molecule has 5 nitrogen and oxygen atoms in total. The Bertz CT molecular complexity index is 426. The van der Waals surface area contributed by atoms with Crippen molar-refractivity contribution in [2.45, 2.75) is 0 Å². The molecule has 0 aliphatic rings. The molecular weight excluding hydrogens is 182 g/mol. The second-order valence-electron chi connectivity index (χ2n) is 2.70. The Labute approximate surface area is 80.5 Å². The van der Waals surface area contributed by atoms with Gasteiger partial charge < -0.3 is 15.0 Å². The zero-order chi connectivity index (χ0) is 9.97. The van der Waals surface area contributed by atoms with Crippen LogP contribution in [0, 0.1) is 0 Å². The maximum absolute atomic E-state index is 5.75. The van der Waals surface area contributed by atoms with Crippen LogP contribution in [0.25, 0.3) is 11.5 Å². The monoisotopic (exact) mass is 191 g/mol. The molecule has 14 heavy (non-hydrogen) atoms. The van der Waals surface area contributed by atoms with Crippen LogP contribution < -0.4 is 10.5 Å². The van der Waals surface area contributed by atoms with Gasteiger partial charge in [0.15, 0.2) is 6.33 Å². The lowest BCUT2D eigenvalue weighted by atomic mass is 10.1. The van der Waals surface area contributed by atoms with Crippen LogP contribution in [0.4, 0.5) is 5.69 Å². The molecule has 2 aromatic rings. The molecule has 2 rings (SSSR count). The highest BCUT2D eigenvalue weighted by Crippen LogP contribution is 2.27. The van der Waals surface area contributed by atoms with E-state index in [4.69, 9.17) is 15.0 Å². The first-order valence-corrected chi connectivity index (χ1v) is 4.02. The second-order valence-corrected chi connectivity index (χ2v) is 2.70. The van der Waals surface area contributed by atoms with Crippen molar-refractivity contribution in [3.63, 3.8) is 0 Å². The minimum Gasteiger partial charge on any atom is -0.497 e. The largest absolute Gasteiger partial charge is 0.497 e. The summed E-state index contributed by atoms with van der Waals surface area (Å²) in [4.78, 5) is 3.91. The molecule has 0 amide bonds. The van der Waals surface area contributed by atoms with Gasteiger partial charge in [0.05, 0.1) is 12.7 Å². The third kappa shape index (κ3) is 1.39. The molecule has 0 aliphatic heterocycles. The average Bonchev–Trinajstić information content (AvgIpc) is 2.71. The highest BCUT2D eigenvalue weighted by Gasteiger charge is 2.08. The van der Waals surface area contributed by atoms with Crippen molar-refractivity contribution in [3.05, 3.63) is 24.5 Å². The summed E-state index contributed by atoms with van der Waals surface area (Å²) in [5, 5.41) is 3.51. The quantitative estimate of drug-likeness (QED) is 0.725. The molecule has 1 aromatic carbocycles. The van der Waals surface area contributed by atoms with Gasteiger partial charge in [-0.15, -0.1) is 0 Å². The van der Waals surface area contributed by atoms with Gasteiger partial charge in [-0.25, -0.2) is 0 Å². The van der Waals surface area contributed by atoms with E-state index in [9.17, 15) is 0 Å². The predicted octanol–water partition coefficient (Wildman–Crippen LogP) is 1.33. The summed E-state index contributed by atoms with van der Waals surface area (Å²) in [6.45, 7) is 0. The first kappa shape index (κ1) is 8.55. The third-order valence-corrected chi connectivity index (χ3v) is 1.85. The van der Waals surface area contributed by atoms with E-state index in [1.54, 1.807) is 25.3 Å². The number of nitrogens with two attached hydrogens (primary N) is 1. The smallest absolute Gasteiger partial charge is 0.259 e. The zero-order valence-electron chi connectivity index (χ0n) is 7.60. The van der Waals surface area contributed by atoms with Gasteiger partial charge in [-0.3, -0.25) is 0 Å². The number of aromatic nitrogens is 2. The molecule has 0 fully saturated rings. The zero-order valence-corrected chi connectivity index (χ0v) is 7.60. The Morgan fingerprint density at radius 3 is 2.93 bits per heavy atom. The van der Waals surface area contributed by atoms with Gasteiger partial charge in [0, 0.05) is 5.69 Å². The Morgan fingerprint density at radius 2 is 2.29 bits per heavy atom. The van der Waals surface area contributed by atoms with Crippen LogP contribution in [0.1, 0.15) is 0 Å². The minimum atomic E-state index is 0.390. The van der Waals surface area contributed by atoms with Crippen LogP contribution >= 0.6 is 0 Å². The Kier molecular flexibility index (Phi) is 2.06. The number of hydrogen-bond acceptors (Lipinski definition) is 5.